The van der Waals surface area contributed by atoms with Gasteiger partial charge in [0.1, 0.15) is 34.1 Å². The van der Waals surface area contributed by atoms with Gasteiger partial charge in [-0.1, -0.05) is 19.3 Å². The molecule has 0 bridgehead atoms. The number of carbonyl (C=O) groups excluding carboxylic acids is 4. The minimum atomic E-state index is -1.22. The standard InChI is InChI=1S/C36H42N6O9/c1-22(43)41(47)31(37)24-9-13-27(14-10-24)49-29-19-26(39-33(45)36(17-7-6-8-18-36)40-34(46)51-35(3,4)5)20-30(21-29)50-28-15-11-25(12-16-28)32(38)42(48)23(2)44/h9-16,19-21,37-38,47-48H,6-8,17-18H2,1-5H3,(H,39,45)(H,40,46). The van der Waals surface area contributed by atoms with E-state index < -0.39 is 46.6 Å². The minimum Gasteiger partial charge on any atom is -0.457 e. The summed E-state index contributed by atoms with van der Waals surface area (Å²) >= 11 is 0. The van der Waals surface area contributed by atoms with E-state index >= 15 is 0 Å². The summed E-state index contributed by atoms with van der Waals surface area (Å²) in [5, 5.41) is 41.9. The number of carbonyl (C=O) groups is 4. The van der Waals surface area contributed by atoms with Crippen molar-refractivity contribution in [3.05, 3.63) is 77.9 Å². The van der Waals surface area contributed by atoms with Crippen molar-refractivity contribution >= 4 is 41.2 Å². The van der Waals surface area contributed by atoms with Crippen LogP contribution in [0.5, 0.6) is 23.0 Å². The Morgan fingerprint density at radius 1 is 0.706 bits per heavy atom. The predicted octanol–water partition coefficient (Wildman–Crippen LogP) is 6.56. The van der Waals surface area contributed by atoms with Crippen molar-refractivity contribution in [2.45, 2.75) is 77.9 Å². The van der Waals surface area contributed by atoms with Gasteiger partial charge in [-0.2, -0.15) is 10.1 Å². The number of rotatable bonds is 9. The van der Waals surface area contributed by atoms with Crippen molar-refractivity contribution in [1.29, 1.82) is 10.8 Å². The van der Waals surface area contributed by atoms with Crippen molar-refractivity contribution in [3.8, 4) is 23.0 Å². The Morgan fingerprint density at radius 2 is 1.14 bits per heavy atom. The Labute approximate surface area is 295 Å². The number of hydrogen-bond donors (Lipinski definition) is 6. The van der Waals surface area contributed by atoms with Gasteiger partial charge >= 0.3 is 6.09 Å². The van der Waals surface area contributed by atoms with Gasteiger partial charge in [-0.15, -0.1) is 0 Å². The Hall–Kier alpha value is -5.80. The van der Waals surface area contributed by atoms with Crippen LogP contribution in [-0.4, -0.2) is 67.2 Å². The molecule has 15 heteroatoms. The molecule has 4 amide bonds. The fourth-order valence-corrected chi connectivity index (χ4v) is 5.27. The second kappa shape index (κ2) is 15.8. The molecule has 15 nitrogen and oxygen atoms in total. The molecule has 0 radical (unpaired) electrons. The van der Waals surface area contributed by atoms with E-state index in [1.807, 2.05) is 0 Å². The second-order valence-corrected chi connectivity index (χ2v) is 13.0. The first-order valence-corrected chi connectivity index (χ1v) is 16.2. The highest BCUT2D eigenvalue weighted by Crippen LogP contribution is 2.35. The first-order valence-electron chi connectivity index (χ1n) is 16.2. The number of nitrogens with zero attached hydrogens (tertiary/aromatic N) is 2. The van der Waals surface area contributed by atoms with Crippen LogP contribution in [0, 0.1) is 10.8 Å². The van der Waals surface area contributed by atoms with E-state index in [1.54, 1.807) is 39.0 Å². The first kappa shape index (κ1) is 38.0. The van der Waals surface area contributed by atoms with Crippen LogP contribution in [0.3, 0.4) is 0 Å². The maximum Gasteiger partial charge on any atom is 0.408 e. The van der Waals surface area contributed by atoms with Crippen molar-refractivity contribution in [3.63, 3.8) is 0 Å². The van der Waals surface area contributed by atoms with Crippen LogP contribution in [0.2, 0.25) is 0 Å². The van der Waals surface area contributed by atoms with E-state index in [1.165, 1.54) is 48.5 Å². The Morgan fingerprint density at radius 3 is 1.53 bits per heavy atom. The maximum atomic E-state index is 13.9. The first-order chi connectivity index (χ1) is 24.0. The number of ether oxygens (including phenoxy) is 3. The van der Waals surface area contributed by atoms with Gasteiger partial charge in [0.15, 0.2) is 11.7 Å². The van der Waals surface area contributed by atoms with Crippen LogP contribution in [0.25, 0.3) is 0 Å². The molecule has 270 valence electrons. The van der Waals surface area contributed by atoms with Gasteiger partial charge in [-0.25, -0.2) is 4.79 Å². The van der Waals surface area contributed by atoms with Crippen LogP contribution >= 0.6 is 0 Å². The summed E-state index contributed by atoms with van der Waals surface area (Å²) in [6.07, 6.45) is 2.48. The molecule has 3 aromatic carbocycles. The monoisotopic (exact) mass is 702 g/mol. The van der Waals surface area contributed by atoms with Crippen molar-refractivity contribution in [2.75, 3.05) is 5.32 Å². The summed E-state index contributed by atoms with van der Waals surface area (Å²) in [5.41, 5.74) is -1.19. The normalized spacial score (nSPS) is 13.6. The van der Waals surface area contributed by atoms with Crippen LogP contribution in [0.1, 0.15) is 77.8 Å². The zero-order valence-electron chi connectivity index (χ0n) is 29.0. The van der Waals surface area contributed by atoms with E-state index in [4.69, 9.17) is 25.0 Å². The van der Waals surface area contributed by atoms with Gasteiger partial charge in [0.2, 0.25) is 17.7 Å². The summed E-state index contributed by atoms with van der Waals surface area (Å²) in [5.74, 6) is -1.58. The van der Waals surface area contributed by atoms with E-state index in [9.17, 15) is 29.6 Å². The lowest BCUT2D eigenvalue weighted by Crippen LogP contribution is -2.58. The number of hydrogen-bond acceptors (Lipinski definition) is 11. The lowest BCUT2D eigenvalue weighted by molar-refractivity contribution is -0.147. The van der Waals surface area contributed by atoms with E-state index in [2.05, 4.69) is 10.6 Å². The molecule has 0 spiro atoms. The number of hydroxylamine groups is 4. The third-order valence-electron chi connectivity index (χ3n) is 7.77. The quantitative estimate of drug-likeness (QED) is 0.0615. The lowest BCUT2D eigenvalue weighted by atomic mass is 9.81. The Kier molecular flexibility index (Phi) is 11.8. The van der Waals surface area contributed by atoms with Gasteiger partial charge < -0.3 is 24.8 Å². The van der Waals surface area contributed by atoms with E-state index in [-0.39, 0.29) is 38.4 Å². The van der Waals surface area contributed by atoms with Gasteiger partial charge in [0.05, 0.1) is 0 Å². The average Bonchev–Trinajstić information content (AvgIpc) is 3.07. The SMILES string of the molecule is CC(=O)N(O)C(=N)c1ccc(Oc2cc(NC(=O)C3(NC(=O)OC(C)(C)C)CCCCC3)cc(Oc3ccc(C(=N)N(O)C(C)=O)cc3)c2)cc1. The summed E-state index contributed by atoms with van der Waals surface area (Å²) in [6.45, 7) is 7.46. The minimum absolute atomic E-state index is 0.223. The van der Waals surface area contributed by atoms with Gasteiger partial charge in [-0.3, -0.25) is 35.6 Å². The van der Waals surface area contributed by atoms with Gasteiger partial charge in [-0.05, 0) is 82.1 Å². The smallest absolute Gasteiger partial charge is 0.408 e. The molecule has 1 aliphatic carbocycles. The average molecular weight is 703 g/mol. The summed E-state index contributed by atoms with van der Waals surface area (Å²) < 4.78 is 17.6. The molecule has 0 unspecified atom stereocenters. The van der Waals surface area contributed by atoms with E-state index in [0.29, 0.717) is 24.3 Å². The molecular weight excluding hydrogens is 660 g/mol. The molecule has 3 aromatic rings. The van der Waals surface area contributed by atoms with Crippen molar-refractivity contribution in [2.24, 2.45) is 0 Å². The van der Waals surface area contributed by atoms with Crippen LogP contribution < -0.4 is 20.1 Å². The fraction of sp³-hybridized carbons (Fsp3) is 0.333. The number of benzene rings is 3. The molecule has 51 heavy (non-hydrogen) atoms. The summed E-state index contributed by atoms with van der Waals surface area (Å²) in [4.78, 5) is 49.7. The van der Waals surface area contributed by atoms with Crippen LogP contribution in [-0.2, 0) is 19.1 Å². The number of amides is 4. The topological polar surface area (TPSA) is 215 Å². The molecule has 6 N–H and O–H groups in total. The molecule has 0 atom stereocenters. The van der Waals surface area contributed by atoms with Gasteiger partial charge in [0, 0.05) is 48.9 Å². The predicted molar refractivity (Wildman–Crippen MR) is 186 cm³/mol. The highest BCUT2D eigenvalue weighted by molar-refractivity contribution is 6.05. The van der Waals surface area contributed by atoms with Crippen molar-refractivity contribution in [1.82, 2.24) is 15.4 Å². The molecule has 0 heterocycles. The maximum absolute atomic E-state index is 13.9. The summed E-state index contributed by atoms with van der Waals surface area (Å²) in [6, 6.07) is 16.8. The van der Waals surface area contributed by atoms with Crippen LogP contribution in [0.4, 0.5) is 10.5 Å². The zero-order chi connectivity index (χ0) is 37.5. The molecule has 1 saturated carbocycles. The lowest BCUT2D eigenvalue weighted by Gasteiger charge is -2.37. The van der Waals surface area contributed by atoms with Gasteiger partial charge in [0.25, 0.3) is 0 Å². The fourth-order valence-electron chi connectivity index (χ4n) is 5.27. The highest BCUT2D eigenvalue weighted by atomic mass is 16.6. The number of anilines is 1. The molecule has 0 aliphatic heterocycles. The van der Waals surface area contributed by atoms with Crippen LogP contribution in [0.15, 0.2) is 66.7 Å². The largest absolute Gasteiger partial charge is 0.457 e. The zero-order valence-corrected chi connectivity index (χ0v) is 29.0. The third kappa shape index (κ3) is 10.1. The van der Waals surface area contributed by atoms with Crippen molar-refractivity contribution < 1.29 is 43.8 Å². The number of amidine groups is 2. The Bertz CT molecular complexity index is 1700. The molecule has 0 saturated heterocycles. The molecule has 4 rings (SSSR count). The third-order valence-corrected chi connectivity index (χ3v) is 7.77. The summed E-state index contributed by atoms with van der Waals surface area (Å²) in [7, 11) is 0. The Balaban J connectivity index is 1.64. The molecule has 0 aromatic heterocycles. The van der Waals surface area contributed by atoms with E-state index in [0.717, 1.165) is 33.1 Å². The molecular formula is C36H42N6O9. The highest BCUT2D eigenvalue weighted by Gasteiger charge is 2.42. The number of nitrogens with one attached hydrogen (secondary N) is 4. The molecule has 1 fully saturated rings. The number of alkyl carbamates (subject to hydrolysis) is 1. The molecule has 1 aliphatic rings. The second-order valence-electron chi connectivity index (χ2n) is 13.0.